The van der Waals surface area contributed by atoms with Crippen LogP contribution in [0.1, 0.15) is 25.8 Å². The molecule has 184 valence electrons. The molecule has 4 rings (SSSR count). The minimum absolute atomic E-state index is 0.184. The normalized spacial score (nSPS) is 12.2. The molecule has 4 aromatic carbocycles. The van der Waals surface area contributed by atoms with Gasteiger partial charge < -0.3 is 10.1 Å². The summed E-state index contributed by atoms with van der Waals surface area (Å²) in [6, 6.07) is 24.2. The van der Waals surface area contributed by atoms with Crippen molar-refractivity contribution in [2.24, 2.45) is 11.0 Å². The van der Waals surface area contributed by atoms with Crippen LogP contribution in [-0.4, -0.2) is 30.7 Å². The molecule has 0 bridgehead atoms. The van der Waals surface area contributed by atoms with Crippen LogP contribution in [0, 0.1) is 5.92 Å². The number of nitrogens with one attached hydrogen (secondary N) is 2. The molecule has 0 aliphatic rings. The summed E-state index contributed by atoms with van der Waals surface area (Å²) in [6.07, 6.45) is 2.13. The number of hydrogen-bond donors (Lipinski definition) is 2. The molecule has 7 heteroatoms. The number of ether oxygens (including phenoxy) is 1. The summed E-state index contributed by atoms with van der Waals surface area (Å²) in [5.74, 6) is -0.0744. The van der Waals surface area contributed by atoms with E-state index in [0.29, 0.717) is 17.2 Å². The summed E-state index contributed by atoms with van der Waals surface area (Å²) in [7, 11) is 0. The van der Waals surface area contributed by atoms with Gasteiger partial charge in [-0.25, -0.2) is 5.43 Å². The Bertz CT molecular complexity index is 1350. The largest absolute Gasteiger partial charge is 0.484 e. The number of rotatable bonds is 9. The summed E-state index contributed by atoms with van der Waals surface area (Å²) in [5.41, 5.74) is 3.53. The highest BCUT2D eigenvalue weighted by Gasteiger charge is 2.22. The summed E-state index contributed by atoms with van der Waals surface area (Å²) in [4.78, 5) is 25.4. The molecule has 4 aromatic rings. The molecule has 0 saturated heterocycles. The van der Waals surface area contributed by atoms with E-state index in [-0.39, 0.29) is 18.4 Å². The number of carbonyl (C=O) groups excluding carboxylic acids is 2. The average Bonchev–Trinajstić information content (AvgIpc) is 2.87. The summed E-state index contributed by atoms with van der Waals surface area (Å²) < 4.78 is 5.50. The van der Waals surface area contributed by atoms with Crippen LogP contribution < -0.4 is 15.5 Å². The van der Waals surface area contributed by atoms with Gasteiger partial charge in [-0.1, -0.05) is 74.0 Å². The summed E-state index contributed by atoms with van der Waals surface area (Å²) in [5, 5.41) is 11.9. The van der Waals surface area contributed by atoms with E-state index >= 15 is 0 Å². The smallest absolute Gasteiger partial charge is 0.262 e. The van der Waals surface area contributed by atoms with Crippen LogP contribution in [0.2, 0.25) is 5.02 Å². The second kappa shape index (κ2) is 11.7. The number of halogens is 1. The van der Waals surface area contributed by atoms with Gasteiger partial charge in [-0.2, -0.15) is 5.10 Å². The van der Waals surface area contributed by atoms with Crippen LogP contribution in [0.5, 0.6) is 5.75 Å². The second-order valence-electron chi connectivity index (χ2n) is 8.96. The first-order valence-electron chi connectivity index (χ1n) is 11.8. The Hall–Kier alpha value is -3.90. The molecular formula is C29H28ClN3O3. The first-order valence-corrected chi connectivity index (χ1v) is 12.2. The predicted molar refractivity (Wildman–Crippen MR) is 146 cm³/mol. The zero-order chi connectivity index (χ0) is 25.5. The van der Waals surface area contributed by atoms with Crippen LogP contribution in [0.25, 0.3) is 21.5 Å². The Morgan fingerprint density at radius 2 is 1.56 bits per heavy atom. The van der Waals surface area contributed by atoms with Gasteiger partial charge in [0, 0.05) is 10.6 Å². The first-order chi connectivity index (χ1) is 17.4. The molecule has 0 fully saturated rings. The van der Waals surface area contributed by atoms with E-state index in [4.69, 9.17) is 16.3 Å². The van der Waals surface area contributed by atoms with Gasteiger partial charge >= 0.3 is 0 Å². The van der Waals surface area contributed by atoms with Crippen LogP contribution >= 0.6 is 11.6 Å². The molecular weight excluding hydrogens is 474 g/mol. The van der Waals surface area contributed by atoms with E-state index in [0.717, 1.165) is 27.1 Å². The third-order valence-electron chi connectivity index (χ3n) is 5.72. The van der Waals surface area contributed by atoms with Crippen molar-refractivity contribution >= 4 is 51.2 Å². The first kappa shape index (κ1) is 25.2. The van der Waals surface area contributed by atoms with Crippen molar-refractivity contribution in [1.82, 2.24) is 10.7 Å². The monoisotopic (exact) mass is 501 g/mol. The third kappa shape index (κ3) is 6.40. The van der Waals surface area contributed by atoms with E-state index in [1.54, 1.807) is 30.5 Å². The molecule has 36 heavy (non-hydrogen) atoms. The third-order valence-corrected chi connectivity index (χ3v) is 5.98. The summed E-state index contributed by atoms with van der Waals surface area (Å²) >= 11 is 5.87. The molecule has 2 N–H and O–H groups in total. The topological polar surface area (TPSA) is 79.8 Å². The molecule has 0 unspecified atom stereocenters. The lowest BCUT2D eigenvalue weighted by molar-refractivity contribution is -0.130. The van der Waals surface area contributed by atoms with Gasteiger partial charge in [-0.15, -0.1) is 0 Å². The standard InChI is InChI=1S/C29H28ClN3O3/c1-19(2)15-27(32-28(34)18-36-23-13-11-22(30)12-14-23)29(35)33-31-17-26-24-9-5-3-7-20(24)16-21-8-4-6-10-25(21)26/h3-14,16-17,19,27H,15,18H2,1-2H3,(H,32,34)(H,33,35)/b31-17-/t27-/m1/s1. The highest BCUT2D eigenvalue weighted by Crippen LogP contribution is 2.27. The highest BCUT2D eigenvalue weighted by molar-refractivity contribution is 6.30. The lowest BCUT2D eigenvalue weighted by Gasteiger charge is -2.19. The number of nitrogens with zero attached hydrogens (tertiary/aromatic N) is 1. The predicted octanol–water partition coefficient (Wildman–Crippen LogP) is 5.71. The van der Waals surface area contributed by atoms with Gasteiger partial charge in [0.2, 0.25) is 0 Å². The molecule has 0 aliphatic carbocycles. The Labute approximate surface area is 215 Å². The Kier molecular flexibility index (Phi) is 8.18. The number of benzene rings is 4. The molecule has 0 aromatic heterocycles. The van der Waals surface area contributed by atoms with Gasteiger partial charge in [0.15, 0.2) is 6.61 Å². The van der Waals surface area contributed by atoms with Crippen molar-refractivity contribution < 1.29 is 14.3 Å². The van der Waals surface area contributed by atoms with Crippen molar-refractivity contribution in [1.29, 1.82) is 0 Å². The lowest BCUT2D eigenvalue weighted by Crippen LogP contribution is -2.47. The molecule has 1 atom stereocenters. The van der Waals surface area contributed by atoms with E-state index in [9.17, 15) is 9.59 Å². The van der Waals surface area contributed by atoms with Crippen LogP contribution in [0.4, 0.5) is 0 Å². The van der Waals surface area contributed by atoms with Crippen molar-refractivity contribution in [2.45, 2.75) is 26.3 Å². The number of hydrogen-bond acceptors (Lipinski definition) is 4. The number of amides is 2. The van der Waals surface area contributed by atoms with Gasteiger partial charge in [-0.3, -0.25) is 9.59 Å². The molecule has 2 amide bonds. The van der Waals surface area contributed by atoms with Crippen LogP contribution in [-0.2, 0) is 9.59 Å². The zero-order valence-electron chi connectivity index (χ0n) is 20.2. The maximum Gasteiger partial charge on any atom is 0.262 e. The van der Waals surface area contributed by atoms with E-state index in [1.165, 1.54) is 0 Å². The Balaban J connectivity index is 1.45. The maximum absolute atomic E-state index is 12.9. The SMILES string of the molecule is CC(C)C[C@@H](NC(=O)COc1ccc(Cl)cc1)C(=O)N/N=C\c1c2ccccc2cc2ccccc12. The quantitative estimate of drug-likeness (QED) is 0.175. The Morgan fingerprint density at radius 3 is 2.17 bits per heavy atom. The van der Waals surface area contributed by atoms with E-state index < -0.39 is 11.9 Å². The molecule has 6 nitrogen and oxygen atoms in total. The molecule has 0 saturated carbocycles. The van der Waals surface area contributed by atoms with Gasteiger partial charge in [0.25, 0.3) is 11.8 Å². The van der Waals surface area contributed by atoms with E-state index in [1.807, 2.05) is 50.2 Å². The number of hydrazone groups is 1. The second-order valence-corrected chi connectivity index (χ2v) is 9.40. The number of fused-ring (bicyclic) bond motifs is 2. The van der Waals surface area contributed by atoms with Crippen molar-refractivity contribution in [3.63, 3.8) is 0 Å². The fraction of sp³-hybridized carbons (Fsp3) is 0.207. The van der Waals surface area contributed by atoms with Gasteiger partial charge in [0.1, 0.15) is 11.8 Å². The highest BCUT2D eigenvalue weighted by atomic mass is 35.5. The van der Waals surface area contributed by atoms with Crippen molar-refractivity contribution in [2.75, 3.05) is 6.61 Å². The zero-order valence-corrected chi connectivity index (χ0v) is 21.0. The minimum Gasteiger partial charge on any atom is -0.484 e. The molecule has 0 heterocycles. The van der Waals surface area contributed by atoms with E-state index in [2.05, 4.69) is 34.0 Å². The molecule has 0 aliphatic heterocycles. The number of carbonyl (C=O) groups is 2. The fourth-order valence-electron chi connectivity index (χ4n) is 4.04. The van der Waals surface area contributed by atoms with Gasteiger partial charge in [0.05, 0.1) is 6.21 Å². The minimum atomic E-state index is -0.743. The maximum atomic E-state index is 12.9. The average molecular weight is 502 g/mol. The molecule has 0 radical (unpaired) electrons. The van der Waals surface area contributed by atoms with Crippen molar-refractivity contribution in [3.8, 4) is 5.75 Å². The molecule has 0 spiro atoms. The fourth-order valence-corrected chi connectivity index (χ4v) is 4.17. The summed E-state index contributed by atoms with van der Waals surface area (Å²) in [6.45, 7) is 3.76. The van der Waals surface area contributed by atoms with Gasteiger partial charge in [-0.05, 0) is 64.2 Å². The van der Waals surface area contributed by atoms with Crippen LogP contribution in [0.3, 0.4) is 0 Å². The lowest BCUT2D eigenvalue weighted by atomic mass is 9.97. The van der Waals surface area contributed by atoms with Crippen molar-refractivity contribution in [3.05, 3.63) is 89.4 Å². The van der Waals surface area contributed by atoms with Crippen LogP contribution in [0.15, 0.2) is 84.0 Å². The Morgan fingerprint density at radius 1 is 0.944 bits per heavy atom.